The van der Waals surface area contributed by atoms with Crippen molar-refractivity contribution in [1.82, 2.24) is 0 Å². The maximum atomic E-state index is 6.40. The van der Waals surface area contributed by atoms with Gasteiger partial charge in [-0.3, -0.25) is 0 Å². The van der Waals surface area contributed by atoms with Gasteiger partial charge in [-0.05, 0) is 43.7 Å². The van der Waals surface area contributed by atoms with E-state index >= 15 is 0 Å². The van der Waals surface area contributed by atoms with Gasteiger partial charge in [0, 0.05) is 16.8 Å². The van der Waals surface area contributed by atoms with Gasteiger partial charge in [0.25, 0.3) is 0 Å². The molecule has 1 aliphatic heterocycles. The molecule has 20 heavy (non-hydrogen) atoms. The Hall–Kier alpha value is -0.240. The highest BCUT2D eigenvalue weighted by Crippen LogP contribution is 2.45. The smallest absolute Gasteiger partial charge is 0.0687 e. The topological polar surface area (TPSA) is 9.23 Å². The molecule has 3 heteroatoms. The lowest BCUT2D eigenvalue weighted by Gasteiger charge is -2.25. The maximum Gasteiger partial charge on any atom is 0.0687 e. The maximum absolute atomic E-state index is 6.40. The van der Waals surface area contributed by atoms with Crippen LogP contribution in [-0.4, -0.2) is 17.6 Å². The van der Waals surface area contributed by atoms with Gasteiger partial charge in [-0.15, -0.1) is 11.6 Å². The quantitative estimate of drug-likeness (QED) is 0.663. The molecule has 1 heterocycles. The minimum Gasteiger partial charge on any atom is -0.372 e. The van der Waals surface area contributed by atoms with Gasteiger partial charge >= 0.3 is 0 Å². The predicted molar refractivity (Wildman–Crippen MR) is 84.8 cm³/mol. The van der Waals surface area contributed by atoms with Crippen LogP contribution in [-0.2, 0) is 4.74 Å². The van der Waals surface area contributed by atoms with Gasteiger partial charge in [-0.25, -0.2) is 0 Å². The predicted octanol–water partition coefficient (Wildman–Crippen LogP) is 5.54. The van der Waals surface area contributed by atoms with Crippen molar-refractivity contribution in [2.45, 2.75) is 62.6 Å². The number of alkyl halides is 1. The molecule has 1 saturated carbocycles. The summed E-state index contributed by atoms with van der Waals surface area (Å²) >= 11 is 12.5. The molecule has 2 unspecified atom stereocenters. The van der Waals surface area contributed by atoms with Crippen molar-refractivity contribution in [2.75, 3.05) is 5.88 Å². The highest BCUT2D eigenvalue weighted by molar-refractivity contribution is 6.31. The number of benzene rings is 1. The van der Waals surface area contributed by atoms with Gasteiger partial charge in [0.2, 0.25) is 0 Å². The molecule has 2 atom stereocenters. The summed E-state index contributed by atoms with van der Waals surface area (Å²) in [7, 11) is 0. The zero-order chi connectivity index (χ0) is 14.0. The van der Waals surface area contributed by atoms with E-state index in [4.69, 9.17) is 27.9 Å². The average molecular weight is 313 g/mol. The van der Waals surface area contributed by atoms with E-state index in [9.17, 15) is 0 Å². The highest BCUT2D eigenvalue weighted by atomic mass is 35.5. The molecule has 1 spiro atoms. The van der Waals surface area contributed by atoms with E-state index in [1.54, 1.807) is 0 Å². The molecule has 2 fully saturated rings. The standard InChI is InChI=1S/C17H22Cl2O/c18-12-13(15-5-1-2-6-16(15)19)11-14-7-10-17(20-14)8-3-4-9-17/h1-2,5-6,13-14H,3-4,7-12H2. The largest absolute Gasteiger partial charge is 0.372 e. The van der Waals surface area contributed by atoms with Crippen molar-refractivity contribution in [2.24, 2.45) is 0 Å². The lowest BCUT2D eigenvalue weighted by Crippen LogP contribution is -2.25. The summed E-state index contributed by atoms with van der Waals surface area (Å²) in [6, 6.07) is 8.05. The fraction of sp³-hybridized carbons (Fsp3) is 0.647. The SMILES string of the molecule is ClCC(CC1CCC2(CCCC2)O1)c1ccccc1Cl. The van der Waals surface area contributed by atoms with Crippen LogP contribution in [0, 0.1) is 0 Å². The first-order valence-electron chi connectivity index (χ1n) is 7.71. The number of hydrogen-bond donors (Lipinski definition) is 0. The molecular weight excluding hydrogens is 291 g/mol. The molecule has 0 N–H and O–H groups in total. The zero-order valence-electron chi connectivity index (χ0n) is 11.8. The van der Waals surface area contributed by atoms with Gasteiger partial charge in [0.05, 0.1) is 11.7 Å². The van der Waals surface area contributed by atoms with Crippen LogP contribution in [0.4, 0.5) is 0 Å². The Labute approximate surface area is 131 Å². The van der Waals surface area contributed by atoms with E-state index in [1.165, 1.54) is 44.1 Å². The lowest BCUT2D eigenvalue weighted by atomic mass is 9.93. The van der Waals surface area contributed by atoms with Gasteiger partial charge in [0.1, 0.15) is 0 Å². The number of halogens is 2. The monoisotopic (exact) mass is 312 g/mol. The first-order valence-corrected chi connectivity index (χ1v) is 8.62. The minimum absolute atomic E-state index is 0.210. The normalized spacial score (nSPS) is 26.2. The van der Waals surface area contributed by atoms with Gasteiger partial charge in [-0.2, -0.15) is 0 Å². The Morgan fingerprint density at radius 2 is 1.95 bits per heavy atom. The molecule has 2 aliphatic rings. The summed E-state index contributed by atoms with van der Waals surface area (Å²) < 4.78 is 6.40. The fourth-order valence-electron chi connectivity index (χ4n) is 3.85. The summed E-state index contributed by atoms with van der Waals surface area (Å²) in [5.74, 6) is 0.906. The highest BCUT2D eigenvalue weighted by Gasteiger charge is 2.42. The average Bonchev–Trinajstić information content (AvgIpc) is 3.08. The van der Waals surface area contributed by atoms with Crippen LogP contribution in [0.2, 0.25) is 5.02 Å². The van der Waals surface area contributed by atoms with Crippen molar-refractivity contribution >= 4 is 23.2 Å². The molecule has 0 radical (unpaired) electrons. The van der Waals surface area contributed by atoms with Crippen molar-refractivity contribution in [3.63, 3.8) is 0 Å². The van der Waals surface area contributed by atoms with Crippen LogP contribution in [0.1, 0.15) is 56.4 Å². The van der Waals surface area contributed by atoms with Crippen LogP contribution < -0.4 is 0 Å². The lowest BCUT2D eigenvalue weighted by molar-refractivity contribution is -0.0405. The molecule has 1 saturated heterocycles. The first kappa shape index (κ1) is 14.7. The summed E-state index contributed by atoms with van der Waals surface area (Å²) in [4.78, 5) is 0. The first-order chi connectivity index (χ1) is 9.72. The molecule has 1 aliphatic carbocycles. The van der Waals surface area contributed by atoms with Crippen molar-refractivity contribution in [1.29, 1.82) is 0 Å². The number of rotatable bonds is 4. The second kappa shape index (κ2) is 6.25. The van der Waals surface area contributed by atoms with Crippen LogP contribution in [0.15, 0.2) is 24.3 Å². The Kier molecular flexibility index (Phi) is 4.59. The van der Waals surface area contributed by atoms with Gasteiger partial charge in [0.15, 0.2) is 0 Å². The summed E-state index contributed by atoms with van der Waals surface area (Å²) in [6.45, 7) is 0. The van der Waals surface area contributed by atoms with E-state index in [-0.39, 0.29) is 5.60 Å². The number of ether oxygens (including phenoxy) is 1. The Bertz CT molecular complexity index is 454. The van der Waals surface area contributed by atoms with E-state index in [2.05, 4.69) is 6.07 Å². The second-order valence-corrected chi connectivity index (χ2v) is 6.99. The minimum atomic E-state index is 0.210. The number of hydrogen-bond acceptors (Lipinski definition) is 1. The van der Waals surface area contributed by atoms with Crippen LogP contribution in [0.3, 0.4) is 0 Å². The van der Waals surface area contributed by atoms with Crippen molar-refractivity contribution < 1.29 is 4.74 Å². The summed E-state index contributed by atoms with van der Waals surface area (Å²) in [5.41, 5.74) is 1.38. The molecule has 0 aromatic heterocycles. The van der Waals surface area contributed by atoms with Crippen LogP contribution in [0.5, 0.6) is 0 Å². The van der Waals surface area contributed by atoms with E-state index in [1.807, 2.05) is 18.2 Å². The third-order valence-electron chi connectivity index (χ3n) is 4.93. The third-order valence-corrected chi connectivity index (χ3v) is 5.65. The van der Waals surface area contributed by atoms with E-state index in [0.717, 1.165) is 11.4 Å². The Morgan fingerprint density at radius 1 is 1.20 bits per heavy atom. The van der Waals surface area contributed by atoms with Crippen molar-refractivity contribution in [3.8, 4) is 0 Å². The fourth-order valence-corrected chi connectivity index (χ4v) is 4.43. The second-order valence-electron chi connectivity index (χ2n) is 6.28. The van der Waals surface area contributed by atoms with Crippen LogP contribution >= 0.6 is 23.2 Å². The molecule has 1 aromatic carbocycles. The van der Waals surface area contributed by atoms with E-state index < -0.39 is 0 Å². The summed E-state index contributed by atoms with van der Waals surface area (Å²) in [5, 5.41) is 0.826. The van der Waals surface area contributed by atoms with E-state index in [0.29, 0.717) is 17.9 Å². The molecule has 110 valence electrons. The van der Waals surface area contributed by atoms with Gasteiger partial charge in [-0.1, -0.05) is 42.6 Å². The molecule has 0 bridgehead atoms. The third kappa shape index (κ3) is 3.00. The van der Waals surface area contributed by atoms with Crippen LogP contribution in [0.25, 0.3) is 0 Å². The Morgan fingerprint density at radius 3 is 2.65 bits per heavy atom. The molecule has 3 rings (SSSR count). The molecule has 1 aromatic rings. The summed E-state index contributed by atoms with van der Waals surface area (Å²) in [6.07, 6.45) is 8.92. The van der Waals surface area contributed by atoms with Gasteiger partial charge < -0.3 is 4.74 Å². The zero-order valence-corrected chi connectivity index (χ0v) is 13.3. The molecular formula is C17H22Cl2O. The molecule has 1 nitrogen and oxygen atoms in total. The molecule has 0 amide bonds. The van der Waals surface area contributed by atoms with Crippen molar-refractivity contribution in [3.05, 3.63) is 34.9 Å². The Balaban J connectivity index is 1.66.